The summed E-state index contributed by atoms with van der Waals surface area (Å²) < 4.78 is 26.6. The van der Waals surface area contributed by atoms with Gasteiger partial charge in [-0.05, 0) is 31.2 Å². The molecular formula is C14H9F2NS2. The van der Waals surface area contributed by atoms with Gasteiger partial charge in [0.2, 0.25) is 0 Å². The van der Waals surface area contributed by atoms with Gasteiger partial charge in [-0.1, -0.05) is 0 Å². The molecule has 0 aliphatic rings. The Bertz CT molecular complexity index is 731. The van der Waals surface area contributed by atoms with E-state index in [1.54, 1.807) is 17.5 Å². The Hall–Kier alpha value is -1.59. The van der Waals surface area contributed by atoms with E-state index >= 15 is 0 Å². The van der Waals surface area contributed by atoms with Gasteiger partial charge < -0.3 is 0 Å². The van der Waals surface area contributed by atoms with E-state index in [2.05, 4.69) is 4.98 Å². The third-order valence-electron chi connectivity index (χ3n) is 2.65. The van der Waals surface area contributed by atoms with Gasteiger partial charge in [-0.15, -0.1) is 22.7 Å². The number of benzene rings is 1. The van der Waals surface area contributed by atoms with E-state index in [9.17, 15) is 8.78 Å². The maximum Gasteiger partial charge on any atom is 0.136 e. The Kier molecular flexibility index (Phi) is 3.16. The number of nitrogens with zero attached hydrogens (tertiary/aromatic N) is 1. The van der Waals surface area contributed by atoms with Crippen LogP contribution in [0.2, 0.25) is 0 Å². The molecule has 0 bridgehead atoms. The van der Waals surface area contributed by atoms with E-state index in [0.717, 1.165) is 15.8 Å². The van der Waals surface area contributed by atoms with Crippen molar-refractivity contribution >= 4 is 22.7 Å². The zero-order chi connectivity index (χ0) is 13.4. The summed E-state index contributed by atoms with van der Waals surface area (Å²) in [7, 11) is 0. The molecular weight excluding hydrogens is 284 g/mol. The molecule has 0 spiro atoms. The average Bonchev–Trinajstić information content (AvgIpc) is 2.97. The highest BCUT2D eigenvalue weighted by Gasteiger charge is 2.12. The fraction of sp³-hybridized carbons (Fsp3) is 0.0714. The first-order valence-corrected chi connectivity index (χ1v) is 7.25. The first-order valence-electron chi connectivity index (χ1n) is 5.61. The lowest BCUT2D eigenvalue weighted by Gasteiger charge is -1.98. The minimum Gasteiger partial charge on any atom is -0.244 e. The molecule has 1 aromatic carbocycles. The molecule has 5 heteroatoms. The fourth-order valence-corrected chi connectivity index (χ4v) is 3.63. The molecule has 0 radical (unpaired) electrons. The average molecular weight is 293 g/mol. The number of thiazole rings is 1. The van der Waals surface area contributed by atoms with Crippen LogP contribution in [0.25, 0.3) is 20.3 Å². The number of rotatable bonds is 2. The fourth-order valence-electron chi connectivity index (χ4n) is 1.74. The second-order valence-electron chi connectivity index (χ2n) is 4.06. The van der Waals surface area contributed by atoms with Gasteiger partial charge in [-0.3, -0.25) is 0 Å². The van der Waals surface area contributed by atoms with Crippen LogP contribution in [0.3, 0.4) is 0 Å². The van der Waals surface area contributed by atoms with Crippen molar-refractivity contribution in [3.05, 3.63) is 53.0 Å². The van der Waals surface area contributed by atoms with Crippen LogP contribution < -0.4 is 0 Å². The van der Waals surface area contributed by atoms with Crippen molar-refractivity contribution in [3.63, 3.8) is 0 Å². The SMILES string of the molecule is Cc1ccc(-c2cnc(-c3ccc(F)cc3F)s2)s1. The molecule has 0 atom stereocenters. The highest BCUT2D eigenvalue weighted by atomic mass is 32.1. The van der Waals surface area contributed by atoms with Crippen LogP contribution in [0.4, 0.5) is 8.78 Å². The van der Waals surface area contributed by atoms with Crippen molar-refractivity contribution in [2.45, 2.75) is 6.92 Å². The normalized spacial score (nSPS) is 10.9. The Morgan fingerprint density at radius 3 is 2.53 bits per heavy atom. The Labute approximate surface area is 117 Å². The van der Waals surface area contributed by atoms with Crippen molar-refractivity contribution in [2.75, 3.05) is 0 Å². The molecule has 0 saturated heterocycles. The van der Waals surface area contributed by atoms with E-state index in [4.69, 9.17) is 0 Å². The Morgan fingerprint density at radius 1 is 1.00 bits per heavy atom. The molecule has 0 amide bonds. The summed E-state index contributed by atoms with van der Waals surface area (Å²) in [5.41, 5.74) is 0.339. The molecule has 2 aromatic heterocycles. The van der Waals surface area contributed by atoms with Crippen LogP contribution in [0.15, 0.2) is 36.5 Å². The van der Waals surface area contributed by atoms with Gasteiger partial charge in [0.05, 0.1) is 4.88 Å². The van der Waals surface area contributed by atoms with Gasteiger partial charge in [0.15, 0.2) is 0 Å². The summed E-state index contributed by atoms with van der Waals surface area (Å²) in [6.07, 6.45) is 1.73. The van der Waals surface area contributed by atoms with Gasteiger partial charge in [0, 0.05) is 27.6 Å². The third-order valence-corrected chi connectivity index (χ3v) is 4.88. The van der Waals surface area contributed by atoms with Crippen molar-refractivity contribution in [1.82, 2.24) is 4.98 Å². The number of hydrogen-bond donors (Lipinski definition) is 0. The predicted molar refractivity (Wildman–Crippen MR) is 75.5 cm³/mol. The van der Waals surface area contributed by atoms with E-state index in [1.807, 2.05) is 19.1 Å². The van der Waals surface area contributed by atoms with E-state index in [0.29, 0.717) is 10.6 Å². The molecule has 0 aliphatic carbocycles. The molecule has 1 nitrogen and oxygen atoms in total. The first-order chi connectivity index (χ1) is 9.13. The number of hydrogen-bond acceptors (Lipinski definition) is 3. The molecule has 2 heterocycles. The second kappa shape index (κ2) is 4.83. The smallest absolute Gasteiger partial charge is 0.136 e. The molecule has 0 unspecified atom stereocenters. The van der Waals surface area contributed by atoms with Gasteiger partial charge in [-0.2, -0.15) is 0 Å². The zero-order valence-corrected chi connectivity index (χ0v) is 11.6. The number of thiophene rings is 1. The van der Waals surface area contributed by atoms with Crippen LogP contribution in [0.5, 0.6) is 0 Å². The van der Waals surface area contributed by atoms with Gasteiger partial charge in [0.1, 0.15) is 16.6 Å². The van der Waals surface area contributed by atoms with Crippen LogP contribution in [-0.4, -0.2) is 4.98 Å². The lowest BCUT2D eigenvalue weighted by molar-refractivity contribution is 0.585. The lowest BCUT2D eigenvalue weighted by Crippen LogP contribution is -1.84. The van der Waals surface area contributed by atoms with E-state index in [1.165, 1.54) is 28.3 Å². The largest absolute Gasteiger partial charge is 0.244 e. The molecule has 0 fully saturated rings. The summed E-state index contributed by atoms with van der Waals surface area (Å²) in [6, 6.07) is 7.61. The maximum absolute atomic E-state index is 13.7. The van der Waals surface area contributed by atoms with Crippen molar-refractivity contribution in [3.8, 4) is 20.3 Å². The molecule has 96 valence electrons. The monoisotopic (exact) mass is 293 g/mol. The zero-order valence-electron chi connectivity index (χ0n) is 9.98. The first kappa shape index (κ1) is 12.4. The van der Waals surface area contributed by atoms with Crippen molar-refractivity contribution < 1.29 is 8.78 Å². The minimum atomic E-state index is -0.580. The van der Waals surface area contributed by atoms with Crippen molar-refractivity contribution in [1.29, 1.82) is 0 Å². The maximum atomic E-state index is 13.7. The summed E-state index contributed by atoms with van der Waals surface area (Å²) in [6.45, 7) is 2.04. The number of aromatic nitrogens is 1. The highest BCUT2D eigenvalue weighted by molar-refractivity contribution is 7.23. The van der Waals surface area contributed by atoms with Gasteiger partial charge in [0.25, 0.3) is 0 Å². The molecule has 0 saturated carbocycles. The molecule has 0 aliphatic heterocycles. The standard InChI is InChI=1S/C14H9F2NS2/c1-8-2-5-12(18-8)13-7-17-14(19-13)10-4-3-9(15)6-11(10)16/h2-7H,1H3. The van der Waals surface area contributed by atoms with Crippen LogP contribution in [0.1, 0.15) is 4.88 Å². The highest BCUT2D eigenvalue weighted by Crippen LogP contribution is 2.36. The summed E-state index contributed by atoms with van der Waals surface area (Å²) in [5, 5.41) is 0.568. The topological polar surface area (TPSA) is 12.9 Å². The molecule has 19 heavy (non-hydrogen) atoms. The quantitative estimate of drug-likeness (QED) is 0.638. The molecule has 3 rings (SSSR count). The van der Waals surface area contributed by atoms with Crippen LogP contribution >= 0.6 is 22.7 Å². The van der Waals surface area contributed by atoms with Gasteiger partial charge >= 0.3 is 0 Å². The number of aryl methyl sites for hydroxylation is 1. The third kappa shape index (κ3) is 2.43. The molecule has 3 aromatic rings. The van der Waals surface area contributed by atoms with Crippen molar-refractivity contribution in [2.24, 2.45) is 0 Å². The Morgan fingerprint density at radius 2 is 1.84 bits per heavy atom. The Balaban J connectivity index is 2.01. The predicted octanol–water partition coefficient (Wildman–Crippen LogP) is 5.13. The van der Waals surface area contributed by atoms with E-state index < -0.39 is 11.6 Å². The summed E-state index contributed by atoms with van der Waals surface area (Å²) in [4.78, 5) is 7.56. The van der Waals surface area contributed by atoms with Crippen LogP contribution in [-0.2, 0) is 0 Å². The van der Waals surface area contributed by atoms with Crippen LogP contribution in [0, 0.1) is 18.6 Å². The lowest BCUT2D eigenvalue weighted by atomic mass is 10.2. The summed E-state index contributed by atoms with van der Waals surface area (Å²) >= 11 is 3.08. The van der Waals surface area contributed by atoms with E-state index in [-0.39, 0.29) is 0 Å². The van der Waals surface area contributed by atoms with Gasteiger partial charge in [-0.25, -0.2) is 13.8 Å². The number of halogens is 2. The minimum absolute atomic E-state index is 0.339. The second-order valence-corrected chi connectivity index (χ2v) is 6.38. The summed E-state index contributed by atoms with van der Waals surface area (Å²) in [5.74, 6) is -1.16. The molecule has 0 N–H and O–H groups in total.